The van der Waals surface area contributed by atoms with E-state index in [0.29, 0.717) is 23.8 Å². The lowest BCUT2D eigenvalue weighted by Crippen LogP contribution is -2.52. The second kappa shape index (κ2) is 15.3. The molecule has 9 nitrogen and oxygen atoms in total. The van der Waals surface area contributed by atoms with E-state index in [-0.39, 0.29) is 23.4 Å². The van der Waals surface area contributed by atoms with Crippen LogP contribution in [-0.4, -0.2) is 63.7 Å². The number of thioether (sulfide) groups is 1. The van der Waals surface area contributed by atoms with Crippen LogP contribution in [0.15, 0.2) is 82.6 Å². The summed E-state index contributed by atoms with van der Waals surface area (Å²) in [6, 6.07) is 19.6. The summed E-state index contributed by atoms with van der Waals surface area (Å²) >= 11 is 1.50. The molecule has 1 fully saturated rings. The number of ether oxygens (including phenoxy) is 2. The average molecular weight is 640 g/mol. The molecule has 1 saturated carbocycles. The van der Waals surface area contributed by atoms with Crippen LogP contribution in [0.5, 0.6) is 11.5 Å². The second-order valence-electron chi connectivity index (χ2n) is 10.6. The van der Waals surface area contributed by atoms with Gasteiger partial charge in [0.2, 0.25) is 11.8 Å². The Morgan fingerprint density at radius 3 is 2.14 bits per heavy atom. The SMILES string of the molecule is CCOc1ccc(N(CC(=O)N(Cc2ccc(OC)cc2)[C@H](C)C(=O)NC2CCCC2)S(=O)(=O)c2ccc(SC)cc2)cc1. The molecule has 0 radical (unpaired) electrons. The van der Waals surface area contributed by atoms with Gasteiger partial charge in [-0.05, 0) is 99.2 Å². The highest BCUT2D eigenvalue weighted by molar-refractivity contribution is 7.98. The molecule has 2 amide bonds. The van der Waals surface area contributed by atoms with Crippen LogP contribution in [0.4, 0.5) is 5.69 Å². The number of nitrogens with zero attached hydrogens (tertiary/aromatic N) is 2. The van der Waals surface area contributed by atoms with Gasteiger partial charge in [0.25, 0.3) is 10.0 Å². The van der Waals surface area contributed by atoms with Crippen LogP contribution in [0.2, 0.25) is 0 Å². The topological polar surface area (TPSA) is 105 Å². The molecule has 0 aliphatic heterocycles. The second-order valence-corrected chi connectivity index (χ2v) is 13.4. The van der Waals surface area contributed by atoms with Crippen LogP contribution in [0.25, 0.3) is 0 Å². The molecule has 0 unspecified atom stereocenters. The van der Waals surface area contributed by atoms with Crippen molar-refractivity contribution in [3.8, 4) is 11.5 Å². The summed E-state index contributed by atoms with van der Waals surface area (Å²) in [6.45, 7) is 3.62. The predicted molar refractivity (Wildman–Crippen MR) is 174 cm³/mol. The largest absolute Gasteiger partial charge is 0.497 e. The van der Waals surface area contributed by atoms with Crippen LogP contribution in [0.1, 0.15) is 45.1 Å². The zero-order valence-corrected chi connectivity index (χ0v) is 27.3. The first kappa shape index (κ1) is 33.2. The van der Waals surface area contributed by atoms with Crippen LogP contribution in [0, 0.1) is 0 Å². The molecule has 0 heterocycles. The molecular weight excluding hydrogens is 599 g/mol. The molecule has 0 saturated heterocycles. The molecule has 236 valence electrons. The molecule has 3 aromatic rings. The third-order valence-corrected chi connectivity index (χ3v) is 10.3. The van der Waals surface area contributed by atoms with Crippen molar-refractivity contribution < 1.29 is 27.5 Å². The van der Waals surface area contributed by atoms with E-state index in [1.807, 2.05) is 25.3 Å². The van der Waals surface area contributed by atoms with Crippen molar-refractivity contribution in [3.05, 3.63) is 78.4 Å². The average Bonchev–Trinajstić information content (AvgIpc) is 3.56. The normalized spacial score (nSPS) is 14.1. The van der Waals surface area contributed by atoms with Crippen molar-refractivity contribution in [2.24, 2.45) is 0 Å². The quantitative estimate of drug-likeness (QED) is 0.233. The maximum absolute atomic E-state index is 14.2. The Morgan fingerprint density at radius 1 is 0.955 bits per heavy atom. The Labute approximate surface area is 265 Å². The van der Waals surface area contributed by atoms with Gasteiger partial charge in [0.05, 0.1) is 24.3 Å². The van der Waals surface area contributed by atoms with Crippen molar-refractivity contribution in [2.45, 2.75) is 68.0 Å². The molecule has 0 aromatic heterocycles. The molecule has 3 aromatic carbocycles. The molecule has 4 rings (SSSR count). The van der Waals surface area contributed by atoms with E-state index in [2.05, 4.69) is 5.32 Å². The summed E-state index contributed by atoms with van der Waals surface area (Å²) in [5.41, 5.74) is 1.09. The number of hydrogen-bond donors (Lipinski definition) is 1. The number of methoxy groups -OCH3 is 1. The fraction of sp³-hybridized carbons (Fsp3) is 0.394. The lowest BCUT2D eigenvalue weighted by molar-refractivity contribution is -0.139. The van der Waals surface area contributed by atoms with Gasteiger partial charge >= 0.3 is 0 Å². The molecule has 1 N–H and O–H groups in total. The third-order valence-electron chi connectivity index (χ3n) is 7.74. The molecule has 0 spiro atoms. The number of amides is 2. The number of nitrogens with one attached hydrogen (secondary N) is 1. The van der Waals surface area contributed by atoms with Crippen molar-refractivity contribution >= 4 is 39.3 Å². The molecule has 1 atom stereocenters. The van der Waals surface area contributed by atoms with E-state index in [9.17, 15) is 18.0 Å². The highest BCUT2D eigenvalue weighted by Crippen LogP contribution is 2.28. The van der Waals surface area contributed by atoms with Gasteiger partial charge in [-0.15, -0.1) is 11.8 Å². The fourth-order valence-electron chi connectivity index (χ4n) is 5.18. The number of carbonyl (C=O) groups excluding carboxylic acids is 2. The standard InChI is InChI=1S/C33H41N3O6S2/c1-5-42-29-16-12-27(13-17-29)36(44(39,40)31-20-18-30(43-4)19-21-31)23-32(37)35(22-25-10-14-28(41-3)15-11-25)24(2)33(38)34-26-8-6-7-9-26/h10-21,24,26H,5-9,22-23H2,1-4H3,(H,34,38)/t24-/m1/s1. The number of benzene rings is 3. The molecule has 1 aliphatic carbocycles. The zero-order valence-electron chi connectivity index (χ0n) is 25.7. The van der Waals surface area contributed by atoms with Crippen molar-refractivity contribution in [3.63, 3.8) is 0 Å². The molecule has 1 aliphatic rings. The predicted octanol–water partition coefficient (Wildman–Crippen LogP) is 5.49. The van der Waals surface area contributed by atoms with Crippen LogP contribution < -0.4 is 19.1 Å². The van der Waals surface area contributed by atoms with Gasteiger partial charge in [0.15, 0.2) is 0 Å². The van der Waals surface area contributed by atoms with Gasteiger partial charge in [-0.25, -0.2) is 8.42 Å². The van der Waals surface area contributed by atoms with Gasteiger partial charge < -0.3 is 19.7 Å². The minimum absolute atomic E-state index is 0.0608. The van der Waals surface area contributed by atoms with Gasteiger partial charge in [0, 0.05) is 17.5 Å². The summed E-state index contributed by atoms with van der Waals surface area (Å²) in [4.78, 5) is 30.0. The first-order valence-electron chi connectivity index (χ1n) is 14.8. The van der Waals surface area contributed by atoms with Crippen molar-refractivity contribution in [1.82, 2.24) is 10.2 Å². The molecule has 44 heavy (non-hydrogen) atoms. The Morgan fingerprint density at radius 2 is 1.57 bits per heavy atom. The van der Waals surface area contributed by atoms with E-state index in [4.69, 9.17) is 9.47 Å². The highest BCUT2D eigenvalue weighted by atomic mass is 32.2. The summed E-state index contributed by atoms with van der Waals surface area (Å²) in [7, 11) is -2.59. The van der Waals surface area contributed by atoms with Crippen LogP contribution >= 0.6 is 11.8 Å². The lowest BCUT2D eigenvalue weighted by Gasteiger charge is -2.32. The van der Waals surface area contributed by atoms with Crippen LogP contribution in [-0.2, 0) is 26.2 Å². The smallest absolute Gasteiger partial charge is 0.264 e. The molecular formula is C33H41N3O6S2. The summed E-state index contributed by atoms with van der Waals surface area (Å²) in [5, 5.41) is 3.09. The summed E-state index contributed by atoms with van der Waals surface area (Å²) < 4.78 is 40.1. The number of hydrogen-bond acceptors (Lipinski definition) is 7. The number of rotatable bonds is 14. The summed E-state index contributed by atoms with van der Waals surface area (Å²) in [6.07, 6.45) is 5.84. The first-order valence-corrected chi connectivity index (χ1v) is 17.4. The Bertz CT molecular complexity index is 1490. The number of carbonyl (C=O) groups is 2. The third kappa shape index (κ3) is 8.26. The van der Waals surface area contributed by atoms with Crippen LogP contribution in [0.3, 0.4) is 0 Å². The van der Waals surface area contributed by atoms with E-state index in [1.165, 1.54) is 16.7 Å². The lowest BCUT2D eigenvalue weighted by atomic mass is 10.1. The maximum atomic E-state index is 14.2. The minimum atomic E-state index is -4.16. The van der Waals surface area contributed by atoms with Gasteiger partial charge in [-0.1, -0.05) is 25.0 Å². The van der Waals surface area contributed by atoms with Gasteiger partial charge in [0.1, 0.15) is 24.1 Å². The monoisotopic (exact) mass is 639 g/mol. The zero-order chi connectivity index (χ0) is 31.7. The van der Waals surface area contributed by atoms with Crippen molar-refractivity contribution in [2.75, 3.05) is 30.8 Å². The van der Waals surface area contributed by atoms with E-state index >= 15 is 0 Å². The minimum Gasteiger partial charge on any atom is -0.497 e. The fourth-order valence-corrected chi connectivity index (χ4v) is 7.00. The van der Waals surface area contributed by atoms with Gasteiger partial charge in [-0.2, -0.15) is 0 Å². The van der Waals surface area contributed by atoms with E-state index < -0.39 is 28.5 Å². The Balaban J connectivity index is 1.68. The van der Waals surface area contributed by atoms with E-state index in [0.717, 1.165) is 40.4 Å². The van der Waals surface area contributed by atoms with E-state index in [1.54, 1.807) is 74.7 Å². The Hall–Kier alpha value is -3.70. The number of sulfonamides is 1. The first-order chi connectivity index (χ1) is 21.2. The van der Waals surface area contributed by atoms with Crippen molar-refractivity contribution in [1.29, 1.82) is 0 Å². The Kier molecular flexibility index (Phi) is 11.6. The van der Waals surface area contributed by atoms with Gasteiger partial charge in [-0.3, -0.25) is 13.9 Å². The number of anilines is 1. The summed E-state index contributed by atoms with van der Waals surface area (Å²) in [5.74, 6) is 0.483. The highest BCUT2D eigenvalue weighted by Gasteiger charge is 2.33. The molecule has 11 heteroatoms. The maximum Gasteiger partial charge on any atom is 0.264 e. The molecule has 0 bridgehead atoms.